The quantitative estimate of drug-likeness (QED) is 0.850. The van der Waals surface area contributed by atoms with E-state index in [4.69, 9.17) is 4.42 Å². The average molecular weight is 317 g/mol. The van der Waals surface area contributed by atoms with Crippen LogP contribution in [0, 0.1) is 11.3 Å². The number of hydrogen-bond donors (Lipinski definition) is 1. The maximum atomic E-state index is 12.1. The summed E-state index contributed by atoms with van der Waals surface area (Å²) in [7, 11) is 6.65. The summed E-state index contributed by atoms with van der Waals surface area (Å²) in [6.45, 7) is 0.371. The Morgan fingerprint density at radius 3 is 2.57 bits per heavy atom. The fraction of sp³-hybridized carbons (Fsp3) is 0.400. The molecule has 0 aromatic carbocycles. The molecule has 2 aromatic heterocycles. The van der Waals surface area contributed by atoms with Crippen molar-refractivity contribution >= 4 is 5.82 Å². The lowest BCUT2D eigenvalue weighted by atomic mass is 10.2. The third-order valence-electron chi connectivity index (χ3n) is 3.73. The van der Waals surface area contributed by atoms with Crippen molar-refractivity contribution in [1.29, 1.82) is 5.26 Å². The smallest absolute Gasteiger partial charge is 0.332 e. The first kappa shape index (κ1) is 16.6. The monoisotopic (exact) mass is 317 g/mol. The van der Waals surface area contributed by atoms with E-state index in [1.807, 2.05) is 31.1 Å². The summed E-state index contributed by atoms with van der Waals surface area (Å²) in [4.78, 5) is 26.0. The predicted molar refractivity (Wildman–Crippen MR) is 85.3 cm³/mol. The first-order chi connectivity index (χ1) is 10.9. The second-order valence-corrected chi connectivity index (χ2v) is 5.42. The minimum Gasteiger partial charge on any atom is -0.468 e. The van der Waals surface area contributed by atoms with E-state index in [2.05, 4.69) is 5.32 Å². The van der Waals surface area contributed by atoms with Gasteiger partial charge in [-0.25, -0.2) is 4.79 Å². The lowest BCUT2D eigenvalue weighted by molar-refractivity contribution is 0.269. The van der Waals surface area contributed by atoms with Crippen LogP contribution in [0.2, 0.25) is 0 Å². The second-order valence-electron chi connectivity index (χ2n) is 5.42. The zero-order valence-corrected chi connectivity index (χ0v) is 13.5. The van der Waals surface area contributed by atoms with Crippen LogP contribution in [-0.4, -0.2) is 34.7 Å². The minimum absolute atomic E-state index is 0.0912. The molecule has 2 heterocycles. The van der Waals surface area contributed by atoms with E-state index in [-0.39, 0.29) is 17.4 Å². The van der Waals surface area contributed by atoms with Gasteiger partial charge in [-0.05, 0) is 26.2 Å². The molecule has 8 nitrogen and oxygen atoms in total. The highest BCUT2D eigenvalue weighted by molar-refractivity contribution is 5.51. The van der Waals surface area contributed by atoms with Crippen molar-refractivity contribution in [2.75, 3.05) is 26.0 Å². The Hall–Kier alpha value is -2.79. The molecule has 122 valence electrons. The van der Waals surface area contributed by atoms with Gasteiger partial charge in [-0.15, -0.1) is 0 Å². The highest BCUT2D eigenvalue weighted by Gasteiger charge is 2.20. The van der Waals surface area contributed by atoms with Gasteiger partial charge in [0.25, 0.3) is 5.56 Å². The van der Waals surface area contributed by atoms with Crippen LogP contribution >= 0.6 is 0 Å². The van der Waals surface area contributed by atoms with Crippen molar-refractivity contribution in [3.05, 3.63) is 50.6 Å². The van der Waals surface area contributed by atoms with Gasteiger partial charge in [0.05, 0.1) is 12.3 Å². The average Bonchev–Trinajstić information content (AvgIpc) is 3.04. The van der Waals surface area contributed by atoms with Crippen LogP contribution in [-0.2, 0) is 14.1 Å². The number of nitrogens with zero attached hydrogens (tertiary/aromatic N) is 4. The van der Waals surface area contributed by atoms with Crippen LogP contribution < -0.4 is 16.6 Å². The Bertz CT molecular complexity index is 840. The molecular formula is C15H19N5O3. The topological polar surface area (TPSA) is 96.2 Å². The molecule has 0 unspecified atom stereocenters. The summed E-state index contributed by atoms with van der Waals surface area (Å²) in [5, 5.41) is 12.3. The Labute approximate surface area is 133 Å². The van der Waals surface area contributed by atoms with Gasteiger partial charge in [-0.2, -0.15) is 5.26 Å². The van der Waals surface area contributed by atoms with Gasteiger partial charge in [-0.3, -0.25) is 18.8 Å². The highest BCUT2D eigenvalue weighted by Crippen LogP contribution is 2.19. The van der Waals surface area contributed by atoms with Gasteiger partial charge in [0.1, 0.15) is 17.6 Å². The molecule has 0 fully saturated rings. The van der Waals surface area contributed by atoms with Crippen molar-refractivity contribution in [2.24, 2.45) is 14.1 Å². The molecule has 1 atom stereocenters. The number of hydrogen-bond acceptors (Lipinski definition) is 6. The maximum absolute atomic E-state index is 12.1. The molecule has 0 aliphatic rings. The molecule has 1 N–H and O–H groups in total. The maximum Gasteiger partial charge on any atom is 0.332 e. The summed E-state index contributed by atoms with van der Waals surface area (Å²) < 4.78 is 7.59. The van der Waals surface area contributed by atoms with Crippen molar-refractivity contribution in [3.8, 4) is 6.07 Å². The van der Waals surface area contributed by atoms with Crippen LogP contribution in [0.15, 0.2) is 32.4 Å². The molecule has 2 aromatic rings. The molecule has 8 heteroatoms. The standard InChI is InChI=1S/C15H19N5O3/c1-18(2)11(12-6-5-7-23-12)9-17-13-10(8-16)14(21)20(4)15(22)19(13)3/h5-7,11,17H,9H2,1-4H3/t11-/m1/s1. The van der Waals surface area contributed by atoms with Gasteiger partial charge in [0.2, 0.25) is 0 Å². The number of furan rings is 1. The Morgan fingerprint density at radius 1 is 1.35 bits per heavy atom. The fourth-order valence-corrected chi connectivity index (χ4v) is 2.36. The molecule has 0 amide bonds. The normalized spacial score (nSPS) is 12.2. The zero-order chi connectivity index (χ0) is 17.1. The summed E-state index contributed by atoms with van der Waals surface area (Å²) in [5.41, 5.74) is -1.19. The number of nitrogens with one attached hydrogen (secondary N) is 1. The summed E-state index contributed by atoms with van der Waals surface area (Å²) in [6, 6.07) is 5.39. The van der Waals surface area contributed by atoms with Gasteiger partial charge in [0, 0.05) is 20.6 Å². The number of aromatic nitrogens is 2. The van der Waals surface area contributed by atoms with Gasteiger partial charge >= 0.3 is 5.69 Å². The first-order valence-corrected chi connectivity index (χ1v) is 7.02. The Balaban J connectivity index is 2.39. The third kappa shape index (κ3) is 3.05. The van der Waals surface area contributed by atoms with Gasteiger partial charge in [-0.1, -0.05) is 0 Å². The first-order valence-electron chi connectivity index (χ1n) is 7.02. The van der Waals surface area contributed by atoms with E-state index >= 15 is 0 Å². The lowest BCUT2D eigenvalue weighted by Crippen LogP contribution is -2.40. The van der Waals surface area contributed by atoms with Gasteiger partial charge in [0.15, 0.2) is 5.56 Å². The van der Waals surface area contributed by atoms with Crippen LogP contribution in [0.4, 0.5) is 5.82 Å². The summed E-state index contributed by atoms with van der Waals surface area (Å²) >= 11 is 0. The lowest BCUT2D eigenvalue weighted by Gasteiger charge is -2.24. The van der Waals surface area contributed by atoms with E-state index in [0.29, 0.717) is 6.54 Å². The molecule has 0 spiro atoms. The zero-order valence-electron chi connectivity index (χ0n) is 13.5. The number of rotatable bonds is 5. The van der Waals surface area contributed by atoms with E-state index in [1.165, 1.54) is 18.7 Å². The van der Waals surface area contributed by atoms with Crippen LogP contribution in [0.3, 0.4) is 0 Å². The SMILES string of the molecule is CN(C)[C@H](CNc1c(C#N)c(=O)n(C)c(=O)n1C)c1ccco1. The molecule has 0 saturated heterocycles. The fourth-order valence-electron chi connectivity index (χ4n) is 2.36. The van der Waals surface area contributed by atoms with Crippen LogP contribution in [0.5, 0.6) is 0 Å². The van der Waals surface area contributed by atoms with Crippen molar-refractivity contribution < 1.29 is 4.42 Å². The van der Waals surface area contributed by atoms with Crippen LogP contribution in [0.1, 0.15) is 17.4 Å². The number of likely N-dealkylation sites (N-methyl/N-ethyl adjacent to an activating group) is 1. The van der Waals surface area contributed by atoms with Crippen molar-refractivity contribution in [1.82, 2.24) is 14.0 Å². The van der Waals surface area contributed by atoms with Crippen molar-refractivity contribution in [3.63, 3.8) is 0 Å². The Morgan fingerprint density at radius 2 is 2.04 bits per heavy atom. The Kier molecular flexibility index (Phi) is 4.71. The van der Waals surface area contributed by atoms with E-state index in [9.17, 15) is 14.9 Å². The van der Waals surface area contributed by atoms with Crippen molar-refractivity contribution in [2.45, 2.75) is 6.04 Å². The van der Waals surface area contributed by atoms with E-state index in [1.54, 1.807) is 12.3 Å². The predicted octanol–water partition coefficient (Wildman–Crippen LogP) is 0.263. The number of anilines is 1. The highest BCUT2D eigenvalue weighted by atomic mass is 16.3. The molecule has 0 bridgehead atoms. The summed E-state index contributed by atoms with van der Waals surface area (Å²) in [6.07, 6.45) is 1.58. The van der Waals surface area contributed by atoms with Gasteiger partial charge < -0.3 is 9.73 Å². The van der Waals surface area contributed by atoms with Crippen LogP contribution in [0.25, 0.3) is 0 Å². The summed E-state index contributed by atoms with van der Waals surface area (Å²) in [5.74, 6) is 0.953. The molecule has 0 aliphatic carbocycles. The number of nitriles is 1. The molecular weight excluding hydrogens is 298 g/mol. The molecule has 23 heavy (non-hydrogen) atoms. The minimum atomic E-state index is -0.613. The largest absolute Gasteiger partial charge is 0.468 e. The molecule has 0 saturated carbocycles. The van der Waals surface area contributed by atoms with E-state index in [0.717, 1.165) is 10.3 Å². The molecule has 0 radical (unpaired) electrons. The second kappa shape index (κ2) is 6.54. The molecule has 2 rings (SSSR count). The van der Waals surface area contributed by atoms with E-state index < -0.39 is 11.2 Å². The third-order valence-corrected chi connectivity index (χ3v) is 3.73. The molecule has 0 aliphatic heterocycles.